The van der Waals surface area contributed by atoms with Gasteiger partial charge < -0.3 is 4.74 Å². The maximum Gasteiger partial charge on any atom is 0.238 e. The summed E-state index contributed by atoms with van der Waals surface area (Å²) in [5.74, 6) is 0.677. The monoisotopic (exact) mass is 417 g/mol. The Morgan fingerprint density at radius 1 is 0.903 bits per heavy atom. The molecular formula is C25H20FNO4. The first-order chi connectivity index (χ1) is 15.0. The van der Waals surface area contributed by atoms with Crippen LogP contribution in [0.1, 0.15) is 16.8 Å². The Morgan fingerprint density at radius 3 is 2.06 bits per heavy atom. The molecule has 2 aromatic rings. The van der Waals surface area contributed by atoms with Gasteiger partial charge in [0.15, 0.2) is 12.4 Å². The van der Waals surface area contributed by atoms with Crippen LogP contribution in [0.2, 0.25) is 0 Å². The predicted molar refractivity (Wildman–Crippen MR) is 110 cm³/mol. The van der Waals surface area contributed by atoms with Crippen LogP contribution in [0.15, 0.2) is 60.7 Å². The Morgan fingerprint density at radius 2 is 1.48 bits per heavy atom. The van der Waals surface area contributed by atoms with Crippen LogP contribution in [0.5, 0.6) is 5.75 Å². The topological polar surface area (TPSA) is 63.7 Å². The zero-order valence-electron chi connectivity index (χ0n) is 16.6. The molecule has 1 heterocycles. The number of imide groups is 1. The molecule has 156 valence electrons. The van der Waals surface area contributed by atoms with Gasteiger partial charge in [-0.05, 0) is 78.6 Å². The minimum Gasteiger partial charge on any atom is -0.485 e. The third kappa shape index (κ3) is 2.77. The number of ketones is 1. The molecule has 0 unspecified atom stereocenters. The van der Waals surface area contributed by atoms with Crippen molar-refractivity contribution in [3.05, 3.63) is 72.1 Å². The molecule has 4 aliphatic carbocycles. The molecule has 1 aliphatic heterocycles. The van der Waals surface area contributed by atoms with Gasteiger partial charge in [-0.1, -0.05) is 12.2 Å². The number of anilines is 1. The van der Waals surface area contributed by atoms with Crippen molar-refractivity contribution in [3.8, 4) is 5.75 Å². The van der Waals surface area contributed by atoms with Crippen molar-refractivity contribution in [2.75, 3.05) is 11.5 Å². The van der Waals surface area contributed by atoms with E-state index in [1.165, 1.54) is 29.2 Å². The molecule has 6 heteroatoms. The van der Waals surface area contributed by atoms with Crippen LogP contribution in [0.25, 0.3) is 0 Å². The number of amides is 2. The number of nitrogens with zero attached hydrogens (tertiary/aromatic N) is 1. The molecule has 2 amide bonds. The number of carbonyl (C=O) groups excluding carboxylic acids is 3. The van der Waals surface area contributed by atoms with Crippen LogP contribution in [0.3, 0.4) is 0 Å². The maximum atomic E-state index is 13.2. The van der Waals surface area contributed by atoms with Crippen molar-refractivity contribution < 1.29 is 23.5 Å². The summed E-state index contributed by atoms with van der Waals surface area (Å²) in [4.78, 5) is 39.8. The molecular weight excluding hydrogens is 397 g/mol. The molecule has 31 heavy (non-hydrogen) atoms. The number of hydrogen-bond donors (Lipinski definition) is 0. The Kier molecular flexibility index (Phi) is 3.94. The van der Waals surface area contributed by atoms with Gasteiger partial charge in [-0.3, -0.25) is 19.3 Å². The highest BCUT2D eigenvalue weighted by atomic mass is 19.1. The largest absolute Gasteiger partial charge is 0.485 e. The highest BCUT2D eigenvalue weighted by Crippen LogP contribution is 2.65. The molecule has 2 bridgehead atoms. The number of rotatable bonds is 5. The first-order valence-corrected chi connectivity index (χ1v) is 10.6. The first-order valence-electron chi connectivity index (χ1n) is 10.6. The Hall–Kier alpha value is -3.28. The molecule has 5 aliphatic rings. The third-order valence-corrected chi connectivity index (χ3v) is 7.29. The highest BCUT2D eigenvalue weighted by Gasteiger charge is 2.67. The molecule has 5 nitrogen and oxygen atoms in total. The number of ether oxygens (including phenoxy) is 1. The molecule has 2 saturated carbocycles. The summed E-state index contributed by atoms with van der Waals surface area (Å²) >= 11 is 0. The molecule has 1 saturated heterocycles. The van der Waals surface area contributed by atoms with Gasteiger partial charge in [0, 0.05) is 5.56 Å². The zero-order chi connectivity index (χ0) is 21.3. The summed E-state index contributed by atoms with van der Waals surface area (Å²) in [7, 11) is 0. The van der Waals surface area contributed by atoms with Gasteiger partial charge in [0.1, 0.15) is 11.6 Å². The van der Waals surface area contributed by atoms with E-state index in [-0.39, 0.29) is 47.9 Å². The quantitative estimate of drug-likeness (QED) is 0.423. The van der Waals surface area contributed by atoms with Crippen LogP contribution < -0.4 is 9.64 Å². The van der Waals surface area contributed by atoms with Crippen LogP contribution >= 0.6 is 0 Å². The van der Waals surface area contributed by atoms with Crippen molar-refractivity contribution in [1.29, 1.82) is 0 Å². The molecule has 0 N–H and O–H groups in total. The van der Waals surface area contributed by atoms with Crippen molar-refractivity contribution in [1.82, 2.24) is 0 Å². The van der Waals surface area contributed by atoms with Crippen LogP contribution in [0, 0.1) is 41.3 Å². The van der Waals surface area contributed by atoms with Gasteiger partial charge in [-0.15, -0.1) is 0 Å². The van der Waals surface area contributed by atoms with Crippen molar-refractivity contribution in [2.45, 2.75) is 6.42 Å². The second kappa shape index (κ2) is 6.61. The Labute approximate surface area is 178 Å². The average Bonchev–Trinajstić information content (AvgIpc) is 3.56. The number of Topliss-reactive ketones (excluding diaryl/α,β-unsaturated/α-hetero) is 1. The number of hydrogen-bond acceptors (Lipinski definition) is 4. The van der Waals surface area contributed by atoms with Crippen molar-refractivity contribution in [3.63, 3.8) is 0 Å². The summed E-state index contributed by atoms with van der Waals surface area (Å²) in [5.41, 5.74) is 0.907. The molecule has 0 aromatic heterocycles. The van der Waals surface area contributed by atoms with E-state index < -0.39 is 5.82 Å². The predicted octanol–water partition coefficient (Wildman–Crippen LogP) is 3.64. The zero-order valence-corrected chi connectivity index (χ0v) is 16.6. The van der Waals surface area contributed by atoms with Crippen molar-refractivity contribution in [2.24, 2.45) is 35.5 Å². The van der Waals surface area contributed by atoms with E-state index >= 15 is 0 Å². The number of halogens is 1. The van der Waals surface area contributed by atoms with Crippen LogP contribution in [0.4, 0.5) is 10.1 Å². The van der Waals surface area contributed by atoms with Gasteiger partial charge >= 0.3 is 0 Å². The number of benzene rings is 2. The van der Waals surface area contributed by atoms with E-state index in [0.717, 1.165) is 6.42 Å². The van der Waals surface area contributed by atoms with E-state index in [9.17, 15) is 18.8 Å². The summed E-state index contributed by atoms with van der Waals surface area (Å²) in [5, 5.41) is 0. The van der Waals surface area contributed by atoms with Gasteiger partial charge in [0.05, 0.1) is 17.5 Å². The minimum absolute atomic E-state index is 0.0974. The molecule has 6 atom stereocenters. The molecule has 2 aromatic carbocycles. The van der Waals surface area contributed by atoms with E-state index in [1.807, 2.05) is 0 Å². The SMILES string of the molecule is O=C(COc1ccc(N2C(=O)[C@@H]3[C@H]4C=C[C@@H]([C@@H]5C[C@@H]45)[C@@H]3C2=O)cc1)c1ccc(F)cc1. The standard InChI is InChI=1S/C25H20FNO4/c26-14-3-1-13(2-4-14)21(28)12-31-16-7-5-15(6-8-16)27-24(29)22-17-9-10-18(20-11-19(17)20)23(22)25(27)30/h1-10,17-20,22-23H,11-12H2/t17-,18-,19-,20-,22-,23+/m0/s1. The fraction of sp³-hybridized carbons (Fsp3) is 0.320. The molecule has 7 rings (SSSR count). The van der Waals surface area contributed by atoms with E-state index in [1.54, 1.807) is 24.3 Å². The summed E-state index contributed by atoms with van der Waals surface area (Å²) in [6, 6.07) is 12.0. The third-order valence-electron chi connectivity index (χ3n) is 7.29. The van der Waals surface area contributed by atoms with Gasteiger partial charge in [0.2, 0.25) is 11.8 Å². The maximum absolute atomic E-state index is 13.2. The number of allylic oxidation sites excluding steroid dienone is 2. The minimum atomic E-state index is -0.403. The lowest BCUT2D eigenvalue weighted by atomic mass is 9.63. The van der Waals surface area contributed by atoms with Crippen LogP contribution in [-0.4, -0.2) is 24.2 Å². The Balaban J connectivity index is 1.16. The second-order valence-electron chi connectivity index (χ2n) is 8.88. The van der Waals surface area contributed by atoms with Gasteiger partial charge in [-0.25, -0.2) is 4.39 Å². The molecule has 3 fully saturated rings. The molecule has 0 spiro atoms. The lowest BCUT2D eigenvalue weighted by Crippen LogP contribution is -2.40. The summed E-state index contributed by atoms with van der Waals surface area (Å²) in [6.07, 6.45) is 5.45. The smallest absolute Gasteiger partial charge is 0.238 e. The fourth-order valence-electron chi connectivity index (χ4n) is 5.77. The summed E-state index contributed by atoms with van der Waals surface area (Å²) < 4.78 is 18.5. The lowest BCUT2D eigenvalue weighted by Gasteiger charge is -2.37. The van der Waals surface area contributed by atoms with E-state index in [0.29, 0.717) is 28.8 Å². The highest BCUT2D eigenvalue weighted by molar-refractivity contribution is 6.22. The van der Waals surface area contributed by atoms with Gasteiger partial charge in [-0.2, -0.15) is 0 Å². The number of carbonyl (C=O) groups is 3. The van der Waals surface area contributed by atoms with E-state index in [4.69, 9.17) is 4.74 Å². The first kappa shape index (κ1) is 18.5. The van der Waals surface area contributed by atoms with Gasteiger partial charge in [0.25, 0.3) is 0 Å². The normalized spacial score (nSPS) is 32.1. The van der Waals surface area contributed by atoms with Crippen LogP contribution in [-0.2, 0) is 9.59 Å². The Bertz CT molecular complexity index is 1090. The fourth-order valence-corrected chi connectivity index (χ4v) is 5.77. The second-order valence-corrected chi connectivity index (χ2v) is 8.88. The molecule has 0 radical (unpaired) electrons. The average molecular weight is 417 g/mol. The van der Waals surface area contributed by atoms with Crippen molar-refractivity contribution >= 4 is 23.3 Å². The van der Waals surface area contributed by atoms with E-state index in [2.05, 4.69) is 12.2 Å². The lowest BCUT2D eigenvalue weighted by molar-refractivity contribution is -0.124. The summed E-state index contributed by atoms with van der Waals surface area (Å²) in [6.45, 7) is -0.186.